The highest BCUT2D eigenvalue weighted by atomic mass is 16.6. The Bertz CT molecular complexity index is 468. The molecule has 18 heavy (non-hydrogen) atoms. The molecule has 98 valence electrons. The molecule has 1 aromatic rings. The van der Waals surface area contributed by atoms with E-state index in [4.69, 9.17) is 5.11 Å². The maximum Gasteiger partial charge on any atom is 0.321 e. The van der Waals surface area contributed by atoms with Crippen LogP contribution >= 0.6 is 0 Å². The van der Waals surface area contributed by atoms with Crippen LogP contribution < -0.4 is 5.32 Å². The van der Waals surface area contributed by atoms with Crippen LogP contribution in [0.2, 0.25) is 0 Å². The molecule has 0 aliphatic carbocycles. The summed E-state index contributed by atoms with van der Waals surface area (Å²) >= 11 is 0. The summed E-state index contributed by atoms with van der Waals surface area (Å²) in [7, 11) is 0. The lowest BCUT2D eigenvalue weighted by Gasteiger charge is -2.06. The summed E-state index contributed by atoms with van der Waals surface area (Å²) in [6, 6.07) is 2.49. The normalized spacial score (nSPS) is 11.8. The van der Waals surface area contributed by atoms with E-state index in [1.54, 1.807) is 0 Å². The molecule has 1 rings (SSSR count). The number of aliphatic carboxylic acids is 1. The van der Waals surface area contributed by atoms with Gasteiger partial charge in [-0.3, -0.25) is 9.59 Å². The minimum Gasteiger partial charge on any atom is -0.481 e. The maximum absolute atomic E-state index is 11.5. The Labute approximate surface area is 102 Å². The number of rotatable bonds is 6. The third kappa shape index (κ3) is 3.58. The number of hydrogen-bond acceptors (Lipinski definition) is 4. The van der Waals surface area contributed by atoms with Crippen molar-refractivity contribution in [2.24, 2.45) is 5.92 Å². The average molecular weight is 255 g/mol. The number of hydrogen-bond donors (Lipinski definition) is 3. The first-order valence-electron chi connectivity index (χ1n) is 5.26. The van der Waals surface area contributed by atoms with E-state index >= 15 is 0 Å². The number of carbonyl (C=O) groups is 2. The molecule has 0 aliphatic heterocycles. The molecule has 0 fully saturated rings. The highest BCUT2D eigenvalue weighted by Crippen LogP contribution is 2.09. The van der Waals surface area contributed by atoms with Gasteiger partial charge in [-0.2, -0.15) is 0 Å². The zero-order valence-electron chi connectivity index (χ0n) is 9.67. The number of nitro groups is 1. The zero-order chi connectivity index (χ0) is 13.7. The molecule has 1 unspecified atom stereocenters. The number of aromatic nitrogens is 1. The number of nitrogens with zero attached hydrogens (tertiary/aromatic N) is 1. The smallest absolute Gasteiger partial charge is 0.321 e. The van der Waals surface area contributed by atoms with Crippen molar-refractivity contribution in [2.75, 3.05) is 6.54 Å². The van der Waals surface area contributed by atoms with Crippen LogP contribution in [-0.2, 0) is 4.79 Å². The molecule has 0 radical (unpaired) electrons. The largest absolute Gasteiger partial charge is 0.481 e. The third-order valence-electron chi connectivity index (χ3n) is 2.40. The van der Waals surface area contributed by atoms with Gasteiger partial charge in [-0.15, -0.1) is 0 Å². The molecule has 8 nitrogen and oxygen atoms in total. The van der Waals surface area contributed by atoms with Gasteiger partial charge >= 0.3 is 11.8 Å². The quantitative estimate of drug-likeness (QED) is 0.511. The van der Waals surface area contributed by atoms with Crippen molar-refractivity contribution < 1.29 is 19.6 Å². The van der Waals surface area contributed by atoms with Crippen molar-refractivity contribution in [3.8, 4) is 0 Å². The summed E-state index contributed by atoms with van der Waals surface area (Å²) in [5.74, 6) is -2.25. The monoisotopic (exact) mass is 255 g/mol. The van der Waals surface area contributed by atoms with Crippen LogP contribution in [0.25, 0.3) is 0 Å². The second-order valence-electron chi connectivity index (χ2n) is 3.80. The van der Waals surface area contributed by atoms with Gasteiger partial charge in [0.2, 0.25) is 0 Å². The summed E-state index contributed by atoms with van der Waals surface area (Å²) in [5.41, 5.74) is 0.0738. The minimum absolute atomic E-state index is 0.0738. The fourth-order valence-corrected chi connectivity index (χ4v) is 1.24. The van der Waals surface area contributed by atoms with Crippen molar-refractivity contribution in [1.82, 2.24) is 10.3 Å². The molecule has 0 bridgehead atoms. The van der Waals surface area contributed by atoms with Crippen molar-refractivity contribution in [2.45, 2.75) is 13.3 Å². The van der Waals surface area contributed by atoms with Gasteiger partial charge in [0.05, 0.1) is 5.92 Å². The lowest BCUT2D eigenvalue weighted by atomic mass is 10.1. The summed E-state index contributed by atoms with van der Waals surface area (Å²) in [4.78, 5) is 34.2. The van der Waals surface area contributed by atoms with Crippen LogP contribution in [0.1, 0.15) is 23.8 Å². The fraction of sp³-hybridized carbons (Fsp3) is 0.400. The van der Waals surface area contributed by atoms with Gasteiger partial charge in [0.25, 0.3) is 5.91 Å². The Morgan fingerprint density at radius 2 is 2.22 bits per heavy atom. The number of amides is 1. The first-order valence-corrected chi connectivity index (χ1v) is 5.26. The van der Waals surface area contributed by atoms with Crippen LogP contribution in [-0.4, -0.2) is 33.4 Å². The lowest BCUT2D eigenvalue weighted by Crippen LogP contribution is -2.27. The number of H-pyrrole nitrogens is 1. The molecule has 0 spiro atoms. The maximum atomic E-state index is 11.5. The Kier molecular flexibility index (Phi) is 4.41. The lowest BCUT2D eigenvalue weighted by molar-refractivity contribution is -0.389. The predicted octanol–water partition coefficient (Wildman–Crippen LogP) is 0.764. The molecular formula is C10H13N3O5. The number of aromatic amines is 1. The molecule has 1 aromatic heterocycles. The summed E-state index contributed by atoms with van der Waals surface area (Å²) in [6.45, 7) is 1.73. The van der Waals surface area contributed by atoms with E-state index in [0.717, 1.165) is 0 Å². The molecule has 0 saturated heterocycles. The van der Waals surface area contributed by atoms with E-state index in [1.807, 2.05) is 0 Å². The molecule has 1 atom stereocenters. The second-order valence-corrected chi connectivity index (χ2v) is 3.80. The van der Waals surface area contributed by atoms with E-state index in [1.165, 1.54) is 19.1 Å². The first-order chi connectivity index (χ1) is 8.41. The highest BCUT2D eigenvalue weighted by Gasteiger charge is 2.16. The molecule has 1 heterocycles. The number of carboxylic acids is 1. The van der Waals surface area contributed by atoms with Gasteiger partial charge in [0.15, 0.2) is 5.69 Å². The summed E-state index contributed by atoms with van der Waals surface area (Å²) in [5, 5.41) is 21.5. The Hall–Kier alpha value is -2.38. The number of nitrogens with one attached hydrogen (secondary N) is 2. The summed E-state index contributed by atoms with van der Waals surface area (Å²) in [6.07, 6.45) is 0.296. The van der Waals surface area contributed by atoms with Crippen LogP contribution in [0.3, 0.4) is 0 Å². The van der Waals surface area contributed by atoms with E-state index < -0.39 is 22.7 Å². The van der Waals surface area contributed by atoms with Crippen molar-refractivity contribution in [3.63, 3.8) is 0 Å². The highest BCUT2D eigenvalue weighted by molar-refractivity contribution is 5.92. The molecule has 0 saturated carbocycles. The Morgan fingerprint density at radius 3 is 2.72 bits per heavy atom. The van der Waals surface area contributed by atoms with Gasteiger partial charge in [-0.25, -0.2) is 4.98 Å². The number of carbonyl (C=O) groups excluding carboxylic acids is 1. The van der Waals surface area contributed by atoms with E-state index in [9.17, 15) is 19.7 Å². The van der Waals surface area contributed by atoms with Gasteiger partial charge in [-0.1, -0.05) is 6.92 Å². The van der Waals surface area contributed by atoms with Crippen LogP contribution in [0.4, 0.5) is 5.82 Å². The van der Waals surface area contributed by atoms with Crippen LogP contribution in [0.15, 0.2) is 12.1 Å². The second kappa shape index (κ2) is 5.80. The molecule has 0 aliphatic rings. The predicted molar refractivity (Wildman–Crippen MR) is 61.2 cm³/mol. The minimum atomic E-state index is -0.931. The fourth-order valence-electron chi connectivity index (χ4n) is 1.24. The van der Waals surface area contributed by atoms with Gasteiger partial charge in [-0.05, 0) is 17.4 Å². The van der Waals surface area contributed by atoms with Gasteiger partial charge in [0, 0.05) is 12.6 Å². The van der Waals surface area contributed by atoms with E-state index in [2.05, 4.69) is 10.3 Å². The average Bonchev–Trinajstić information content (AvgIpc) is 2.77. The van der Waals surface area contributed by atoms with E-state index in [0.29, 0.717) is 6.42 Å². The van der Waals surface area contributed by atoms with Crippen LogP contribution in [0.5, 0.6) is 0 Å². The van der Waals surface area contributed by atoms with Crippen molar-refractivity contribution in [1.29, 1.82) is 0 Å². The molecule has 1 amide bonds. The van der Waals surface area contributed by atoms with Crippen molar-refractivity contribution in [3.05, 3.63) is 27.9 Å². The zero-order valence-corrected chi connectivity index (χ0v) is 9.67. The van der Waals surface area contributed by atoms with Gasteiger partial charge < -0.3 is 20.5 Å². The first kappa shape index (κ1) is 13.7. The number of carboxylic acid groups (broad SMARTS) is 1. The van der Waals surface area contributed by atoms with Gasteiger partial charge in [0.1, 0.15) is 0 Å². The van der Waals surface area contributed by atoms with E-state index in [-0.39, 0.29) is 18.1 Å². The molecule has 0 aromatic carbocycles. The summed E-state index contributed by atoms with van der Waals surface area (Å²) < 4.78 is 0. The molecule has 3 N–H and O–H groups in total. The standard InChI is InChI=1S/C10H13N3O5/c1-6(10(15)16)4-5-11-9(14)7-2-3-8(12-7)13(17)18/h2-3,6,12H,4-5H2,1H3,(H,11,14)(H,15,16). The topological polar surface area (TPSA) is 125 Å². The molecular weight excluding hydrogens is 242 g/mol. The molecule has 8 heteroatoms. The Morgan fingerprint density at radius 1 is 1.56 bits per heavy atom. The van der Waals surface area contributed by atoms with Crippen molar-refractivity contribution >= 4 is 17.7 Å². The van der Waals surface area contributed by atoms with Crippen LogP contribution in [0, 0.1) is 16.0 Å². The SMILES string of the molecule is CC(CCNC(=O)c1ccc([N+](=O)[O-])[nH]1)C(=O)O. The third-order valence-corrected chi connectivity index (χ3v) is 2.40. The Balaban J connectivity index is 2.45.